The Bertz CT molecular complexity index is 1230. The molecular weight excluding hydrogens is 443 g/mol. The number of anilines is 1. The number of hydrogen-bond acceptors (Lipinski definition) is 4. The van der Waals surface area contributed by atoms with Gasteiger partial charge in [0, 0.05) is 11.6 Å². The zero-order valence-corrected chi connectivity index (χ0v) is 18.1. The van der Waals surface area contributed by atoms with E-state index in [4.69, 9.17) is 16.6 Å². The van der Waals surface area contributed by atoms with E-state index in [1.54, 1.807) is 18.2 Å². The van der Waals surface area contributed by atoms with Gasteiger partial charge in [-0.25, -0.2) is 0 Å². The van der Waals surface area contributed by atoms with E-state index in [-0.39, 0.29) is 11.7 Å². The van der Waals surface area contributed by atoms with Gasteiger partial charge in [0.15, 0.2) is 4.32 Å². The highest BCUT2D eigenvalue weighted by Gasteiger charge is 2.34. The molecular formula is C23H16F3NO2S2. The first kappa shape index (κ1) is 21.4. The first-order chi connectivity index (χ1) is 14.6. The van der Waals surface area contributed by atoms with E-state index in [9.17, 15) is 18.0 Å². The number of carbonyl (C=O) groups is 1. The van der Waals surface area contributed by atoms with Crippen molar-refractivity contribution in [1.29, 1.82) is 0 Å². The zero-order chi connectivity index (χ0) is 22.3. The number of rotatable bonds is 3. The Labute approximate surface area is 186 Å². The number of halogens is 3. The Morgan fingerprint density at radius 2 is 1.81 bits per heavy atom. The quantitative estimate of drug-likeness (QED) is 0.312. The average Bonchev–Trinajstić information content (AvgIpc) is 3.28. The van der Waals surface area contributed by atoms with Crippen molar-refractivity contribution in [2.24, 2.45) is 0 Å². The number of amides is 1. The molecule has 8 heteroatoms. The van der Waals surface area contributed by atoms with Gasteiger partial charge >= 0.3 is 6.18 Å². The van der Waals surface area contributed by atoms with Gasteiger partial charge in [-0.15, -0.1) is 0 Å². The van der Waals surface area contributed by atoms with Crippen molar-refractivity contribution in [3.63, 3.8) is 0 Å². The molecule has 3 nitrogen and oxygen atoms in total. The second-order valence-corrected chi connectivity index (χ2v) is 8.74. The van der Waals surface area contributed by atoms with E-state index in [1.165, 1.54) is 17.0 Å². The van der Waals surface area contributed by atoms with Crippen LogP contribution in [0.15, 0.2) is 63.9 Å². The Kier molecular flexibility index (Phi) is 5.53. The molecule has 0 bridgehead atoms. The van der Waals surface area contributed by atoms with Crippen LogP contribution < -0.4 is 4.90 Å². The lowest BCUT2D eigenvalue weighted by Crippen LogP contribution is -2.27. The summed E-state index contributed by atoms with van der Waals surface area (Å²) in [6.45, 7) is 3.95. The van der Waals surface area contributed by atoms with Crippen LogP contribution in [0.1, 0.15) is 22.5 Å². The van der Waals surface area contributed by atoms with E-state index in [0.29, 0.717) is 26.2 Å². The molecule has 3 aromatic rings. The van der Waals surface area contributed by atoms with Gasteiger partial charge in [-0.05, 0) is 61.4 Å². The van der Waals surface area contributed by atoms with Crippen LogP contribution in [0.2, 0.25) is 0 Å². The first-order valence-electron chi connectivity index (χ1n) is 9.26. The number of benzene rings is 2. The van der Waals surface area contributed by atoms with Crippen LogP contribution in [-0.2, 0) is 11.0 Å². The summed E-state index contributed by atoms with van der Waals surface area (Å²) >= 11 is 6.54. The van der Waals surface area contributed by atoms with E-state index < -0.39 is 11.7 Å². The first-order valence-corrected chi connectivity index (χ1v) is 10.5. The smallest absolute Gasteiger partial charge is 0.416 e. The monoisotopic (exact) mass is 459 g/mol. The lowest BCUT2D eigenvalue weighted by Gasteiger charge is -2.15. The molecule has 158 valence electrons. The third-order valence-corrected chi connectivity index (χ3v) is 6.22. The number of alkyl halides is 3. The highest BCUT2D eigenvalue weighted by Crippen LogP contribution is 2.37. The third-order valence-electron chi connectivity index (χ3n) is 4.92. The SMILES string of the molecule is Cc1ccc(N2C(=O)/C(=C\c3ccc(-c4cccc(C(F)(F)F)c4)o3)SC2=S)cc1C. The molecule has 0 radical (unpaired) electrons. The fourth-order valence-electron chi connectivity index (χ4n) is 3.12. The molecule has 1 fully saturated rings. The molecule has 1 amide bonds. The van der Waals surface area contributed by atoms with Crippen LogP contribution in [0.25, 0.3) is 17.4 Å². The molecule has 0 spiro atoms. The maximum Gasteiger partial charge on any atom is 0.416 e. The van der Waals surface area contributed by atoms with Crippen LogP contribution in [0.4, 0.5) is 18.9 Å². The standard InChI is InChI=1S/C23H16F3NO2S2/c1-13-6-7-17(10-14(13)2)27-21(28)20(31-22(27)30)12-18-8-9-19(29-18)15-4-3-5-16(11-15)23(24,25)26/h3-12H,1-2H3/b20-12+. The van der Waals surface area contributed by atoms with E-state index in [1.807, 2.05) is 32.0 Å². The van der Waals surface area contributed by atoms with Crippen molar-refractivity contribution in [3.05, 3.63) is 82.0 Å². The van der Waals surface area contributed by atoms with Gasteiger partial charge in [-0.3, -0.25) is 9.69 Å². The van der Waals surface area contributed by atoms with Crippen molar-refractivity contribution >= 4 is 46.0 Å². The molecule has 2 aromatic carbocycles. The normalized spacial score (nSPS) is 15.9. The maximum atomic E-state index is 13.0. The number of nitrogens with zero attached hydrogens (tertiary/aromatic N) is 1. The Morgan fingerprint density at radius 3 is 2.52 bits per heavy atom. The van der Waals surface area contributed by atoms with E-state index in [0.717, 1.165) is 35.0 Å². The molecule has 1 aliphatic heterocycles. The summed E-state index contributed by atoms with van der Waals surface area (Å²) in [6.07, 6.45) is -2.88. The van der Waals surface area contributed by atoms with Gasteiger partial charge in [0.1, 0.15) is 11.5 Å². The van der Waals surface area contributed by atoms with Crippen LogP contribution >= 0.6 is 24.0 Å². The highest BCUT2D eigenvalue weighted by molar-refractivity contribution is 8.27. The average molecular weight is 460 g/mol. The fraction of sp³-hybridized carbons (Fsp3) is 0.130. The maximum absolute atomic E-state index is 13.0. The Morgan fingerprint density at radius 1 is 1.03 bits per heavy atom. The topological polar surface area (TPSA) is 33.5 Å². The summed E-state index contributed by atoms with van der Waals surface area (Å²) in [6, 6.07) is 13.8. The Balaban J connectivity index is 1.60. The number of carbonyl (C=O) groups excluding carboxylic acids is 1. The molecule has 1 aliphatic rings. The number of thiocarbonyl (C=S) groups is 1. The number of aryl methyl sites for hydroxylation is 2. The minimum atomic E-state index is -4.44. The molecule has 1 saturated heterocycles. The summed E-state index contributed by atoms with van der Waals surface area (Å²) in [5, 5.41) is 0. The number of hydrogen-bond donors (Lipinski definition) is 0. The summed E-state index contributed by atoms with van der Waals surface area (Å²) in [5.41, 5.74) is 2.40. The predicted octanol–water partition coefficient (Wildman–Crippen LogP) is 6.99. The lowest BCUT2D eigenvalue weighted by atomic mass is 10.1. The largest absolute Gasteiger partial charge is 0.457 e. The lowest BCUT2D eigenvalue weighted by molar-refractivity contribution is -0.137. The second kappa shape index (κ2) is 8.01. The van der Waals surface area contributed by atoms with Gasteiger partial charge in [-0.2, -0.15) is 13.2 Å². The summed E-state index contributed by atoms with van der Waals surface area (Å²) in [4.78, 5) is 14.8. The van der Waals surface area contributed by atoms with Gasteiger partial charge in [0.2, 0.25) is 0 Å². The Hall–Kier alpha value is -2.84. The van der Waals surface area contributed by atoms with Gasteiger partial charge < -0.3 is 4.42 Å². The summed E-state index contributed by atoms with van der Waals surface area (Å²) < 4.78 is 45.0. The van der Waals surface area contributed by atoms with Crippen molar-refractivity contribution in [2.45, 2.75) is 20.0 Å². The van der Waals surface area contributed by atoms with Gasteiger partial charge in [-0.1, -0.05) is 42.2 Å². The molecule has 31 heavy (non-hydrogen) atoms. The molecule has 1 aromatic heterocycles. The van der Waals surface area contributed by atoms with Crippen molar-refractivity contribution in [3.8, 4) is 11.3 Å². The third kappa shape index (κ3) is 4.31. The van der Waals surface area contributed by atoms with Crippen LogP contribution in [-0.4, -0.2) is 10.2 Å². The van der Waals surface area contributed by atoms with E-state index in [2.05, 4.69) is 0 Å². The van der Waals surface area contributed by atoms with Crippen molar-refractivity contribution in [2.75, 3.05) is 4.90 Å². The summed E-state index contributed by atoms with van der Waals surface area (Å²) in [7, 11) is 0. The van der Waals surface area contributed by atoms with Crippen LogP contribution in [0.5, 0.6) is 0 Å². The van der Waals surface area contributed by atoms with Crippen LogP contribution in [0, 0.1) is 13.8 Å². The van der Waals surface area contributed by atoms with Gasteiger partial charge in [0.25, 0.3) is 5.91 Å². The molecule has 0 atom stereocenters. The molecule has 2 heterocycles. The molecule has 0 saturated carbocycles. The summed E-state index contributed by atoms with van der Waals surface area (Å²) in [5.74, 6) is 0.366. The fourth-order valence-corrected chi connectivity index (χ4v) is 4.40. The molecule has 0 aliphatic carbocycles. The minimum Gasteiger partial charge on any atom is -0.457 e. The van der Waals surface area contributed by atoms with Crippen molar-refractivity contribution < 1.29 is 22.4 Å². The number of furan rings is 1. The molecule has 4 rings (SSSR count). The molecule has 0 unspecified atom stereocenters. The van der Waals surface area contributed by atoms with E-state index >= 15 is 0 Å². The second-order valence-electron chi connectivity index (χ2n) is 7.07. The molecule has 0 N–H and O–H groups in total. The predicted molar refractivity (Wildman–Crippen MR) is 121 cm³/mol. The highest BCUT2D eigenvalue weighted by atomic mass is 32.2. The van der Waals surface area contributed by atoms with Gasteiger partial charge in [0.05, 0.1) is 16.2 Å². The van der Waals surface area contributed by atoms with Crippen molar-refractivity contribution in [1.82, 2.24) is 0 Å². The minimum absolute atomic E-state index is 0.268. The van der Waals surface area contributed by atoms with Crippen LogP contribution in [0.3, 0.4) is 0 Å². The number of thioether (sulfide) groups is 1. The zero-order valence-electron chi connectivity index (χ0n) is 16.5.